The number of aromatic nitrogens is 1. The average Bonchev–Trinajstić information content (AvgIpc) is 2.84. The summed E-state index contributed by atoms with van der Waals surface area (Å²) in [5.74, 6) is -0.991. The van der Waals surface area contributed by atoms with Crippen molar-refractivity contribution in [1.29, 1.82) is 0 Å². The Hall–Kier alpha value is -1.95. The van der Waals surface area contributed by atoms with Crippen LogP contribution in [0.15, 0.2) is 18.3 Å². The lowest BCUT2D eigenvalue weighted by Crippen LogP contribution is -2.35. The third-order valence-corrected chi connectivity index (χ3v) is 2.80. The van der Waals surface area contributed by atoms with Crippen LogP contribution in [0, 0.1) is 0 Å². The molecule has 0 aromatic carbocycles. The molecular weight excluding hydrogens is 234 g/mol. The third-order valence-electron chi connectivity index (χ3n) is 2.80. The normalized spacial score (nSPS) is 18.6. The monoisotopic (exact) mass is 249 g/mol. The van der Waals surface area contributed by atoms with Gasteiger partial charge in [-0.2, -0.15) is 0 Å². The molecule has 6 heteroatoms. The number of hydrogen-bond donors (Lipinski definition) is 3. The first-order valence-corrected chi connectivity index (χ1v) is 5.86. The van der Waals surface area contributed by atoms with Gasteiger partial charge in [0.25, 0.3) is 0 Å². The van der Waals surface area contributed by atoms with E-state index in [9.17, 15) is 9.59 Å². The number of amides is 1. The number of rotatable bonds is 4. The lowest BCUT2D eigenvalue weighted by Gasteiger charge is -2.10. The van der Waals surface area contributed by atoms with E-state index in [4.69, 9.17) is 5.11 Å². The van der Waals surface area contributed by atoms with E-state index in [2.05, 4.69) is 15.6 Å². The molecule has 6 nitrogen and oxygen atoms in total. The van der Waals surface area contributed by atoms with Gasteiger partial charge in [-0.3, -0.25) is 14.6 Å². The number of nitrogens with one attached hydrogen (secondary N) is 2. The quantitative estimate of drug-likeness (QED) is 0.718. The number of carbonyl (C=O) groups is 2. The van der Waals surface area contributed by atoms with Gasteiger partial charge in [-0.05, 0) is 31.5 Å². The molecule has 1 aliphatic heterocycles. The Balaban J connectivity index is 1.93. The van der Waals surface area contributed by atoms with Crippen molar-refractivity contribution in [2.75, 3.05) is 11.9 Å². The highest BCUT2D eigenvalue weighted by molar-refractivity contribution is 5.94. The molecule has 1 aliphatic rings. The number of carboxylic acid groups (broad SMARTS) is 1. The van der Waals surface area contributed by atoms with Gasteiger partial charge in [-0.25, -0.2) is 0 Å². The Morgan fingerprint density at radius 3 is 2.89 bits per heavy atom. The first-order valence-electron chi connectivity index (χ1n) is 5.86. The van der Waals surface area contributed by atoms with Crippen LogP contribution in [0.4, 0.5) is 5.69 Å². The van der Waals surface area contributed by atoms with Crippen LogP contribution in [0.3, 0.4) is 0 Å². The van der Waals surface area contributed by atoms with E-state index >= 15 is 0 Å². The second-order valence-corrected chi connectivity index (χ2v) is 4.25. The van der Waals surface area contributed by atoms with Gasteiger partial charge >= 0.3 is 5.97 Å². The van der Waals surface area contributed by atoms with E-state index in [1.165, 1.54) is 6.20 Å². The van der Waals surface area contributed by atoms with E-state index in [0.29, 0.717) is 11.4 Å². The maximum atomic E-state index is 11.8. The molecule has 1 saturated heterocycles. The number of nitrogens with zero attached hydrogens (tertiary/aromatic N) is 1. The smallest absolute Gasteiger partial charge is 0.309 e. The van der Waals surface area contributed by atoms with Crippen LogP contribution >= 0.6 is 0 Å². The summed E-state index contributed by atoms with van der Waals surface area (Å²) in [5, 5.41) is 14.5. The molecule has 2 heterocycles. The van der Waals surface area contributed by atoms with E-state index in [1.807, 2.05) is 0 Å². The largest absolute Gasteiger partial charge is 0.481 e. The van der Waals surface area contributed by atoms with Gasteiger partial charge < -0.3 is 15.7 Å². The molecular formula is C12H15N3O3. The fraction of sp³-hybridized carbons (Fsp3) is 0.417. The second kappa shape index (κ2) is 5.59. The Morgan fingerprint density at radius 2 is 2.33 bits per heavy atom. The van der Waals surface area contributed by atoms with Crippen LogP contribution in [-0.2, 0) is 16.0 Å². The Bertz CT molecular complexity index is 438. The number of pyridine rings is 1. The zero-order valence-electron chi connectivity index (χ0n) is 9.85. The number of aliphatic carboxylic acids is 1. The van der Waals surface area contributed by atoms with Crippen molar-refractivity contribution in [2.24, 2.45) is 0 Å². The summed E-state index contributed by atoms with van der Waals surface area (Å²) >= 11 is 0. The molecule has 2 rings (SSSR count). The van der Waals surface area contributed by atoms with Crippen LogP contribution in [-0.4, -0.2) is 34.6 Å². The third kappa shape index (κ3) is 3.27. The summed E-state index contributed by atoms with van der Waals surface area (Å²) in [6, 6.07) is 3.13. The minimum absolute atomic E-state index is 0.0692. The van der Waals surface area contributed by atoms with Gasteiger partial charge in [0.1, 0.15) is 0 Å². The molecule has 0 saturated carbocycles. The predicted molar refractivity (Wildman–Crippen MR) is 65.2 cm³/mol. The van der Waals surface area contributed by atoms with Crippen LogP contribution in [0.25, 0.3) is 0 Å². The summed E-state index contributed by atoms with van der Waals surface area (Å²) in [5.41, 5.74) is 1.06. The first kappa shape index (κ1) is 12.5. The molecule has 1 aromatic rings. The van der Waals surface area contributed by atoms with Gasteiger partial charge in [0.05, 0.1) is 30.0 Å². The maximum Gasteiger partial charge on any atom is 0.309 e. The number of carbonyl (C=O) groups excluding carboxylic acids is 1. The summed E-state index contributed by atoms with van der Waals surface area (Å²) in [4.78, 5) is 26.3. The van der Waals surface area contributed by atoms with Gasteiger partial charge in [0, 0.05) is 0 Å². The van der Waals surface area contributed by atoms with Crippen LogP contribution < -0.4 is 10.6 Å². The number of hydrogen-bond acceptors (Lipinski definition) is 4. The topological polar surface area (TPSA) is 91.3 Å². The summed E-state index contributed by atoms with van der Waals surface area (Å²) < 4.78 is 0. The predicted octanol–water partition coefficient (Wildman–Crippen LogP) is 0.399. The molecule has 1 fully saturated rings. The zero-order valence-corrected chi connectivity index (χ0v) is 9.85. The second-order valence-electron chi connectivity index (χ2n) is 4.25. The standard InChI is InChI=1S/C12H15N3O3/c16-11(17)6-8-3-4-9(7-14-8)15-12(18)10-2-1-5-13-10/h3-4,7,10,13H,1-2,5-6H2,(H,15,18)(H,16,17). The van der Waals surface area contributed by atoms with Crippen molar-refractivity contribution in [3.05, 3.63) is 24.0 Å². The van der Waals surface area contributed by atoms with E-state index < -0.39 is 5.97 Å². The first-order chi connectivity index (χ1) is 8.65. The highest BCUT2D eigenvalue weighted by Crippen LogP contribution is 2.10. The van der Waals surface area contributed by atoms with Gasteiger partial charge in [-0.15, -0.1) is 0 Å². The fourth-order valence-electron chi connectivity index (χ4n) is 1.90. The molecule has 0 bridgehead atoms. The Labute approximate surface area is 104 Å². The van der Waals surface area contributed by atoms with Crippen LogP contribution in [0.2, 0.25) is 0 Å². The average molecular weight is 249 g/mol. The molecule has 1 amide bonds. The fourth-order valence-corrected chi connectivity index (χ4v) is 1.90. The van der Waals surface area contributed by atoms with E-state index in [-0.39, 0.29) is 18.4 Å². The molecule has 1 aromatic heterocycles. The molecule has 18 heavy (non-hydrogen) atoms. The van der Waals surface area contributed by atoms with Gasteiger partial charge in [0.2, 0.25) is 5.91 Å². The molecule has 1 atom stereocenters. The molecule has 0 spiro atoms. The summed E-state index contributed by atoms with van der Waals surface area (Å²) in [6.07, 6.45) is 3.22. The molecule has 0 aliphatic carbocycles. The van der Waals surface area contributed by atoms with Crippen LogP contribution in [0.5, 0.6) is 0 Å². The molecule has 3 N–H and O–H groups in total. The lowest BCUT2D eigenvalue weighted by molar-refractivity contribution is -0.136. The van der Waals surface area contributed by atoms with Gasteiger partial charge in [0.15, 0.2) is 0 Å². The molecule has 1 unspecified atom stereocenters. The Kier molecular flexibility index (Phi) is 3.88. The van der Waals surface area contributed by atoms with Crippen molar-refractivity contribution in [2.45, 2.75) is 25.3 Å². The molecule has 0 radical (unpaired) electrons. The van der Waals surface area contributed by atoms with Gasteiger partial charge in [-0.1, -0.05) is 0 Å². The highest BCUT2D eigenvalue weighted by Gasteiger charge is 2.21. The highest BCUT2D eigenvalue weighted by atomic mass is 16.4. The van der Waals surface area contributed by atoms with Crippen molar-refractivity contribution in [1.82, 2.24) is 10.3 Å². The van der Waals surface area contributed by atoms with E-state index in [1.54, 1.807) is 12.1 Å². The minimum Gasteiger partial charge on any atom is -0.481 e. The van der Waals surface area contributed by atoms with E-state index in [0.717, 1.165) is 19.4 Å². The molecule has 96 valence electrons. The number of carboxylic acids is 1. The zero-order chi connectivity index (χ0) is 13.0. The van der Waals surface area contributed by atoms with Crippen molar-refractivity contribution >= 4 is 17.6 Å². The minimum atomic E-state index is -0.922. The number of anilines is 1. The van der Waals surface area contributed by atoms with Crippen LogP contribution in [0.1, 0.15) is 18.5 Å². The SMILES string of the molecule is O=C(O)Cc1ccc(NC(=O)C2CCCN2)cn1. The van der Waals surface area contributed by atoms with Crippen molar-refractivity contribution in [3.8, 4) is 0 Å². The summed E-state index contributed by atoms with van der Waals surface area (Å²) in [6.45, 7) is 0.869. The van der Waals surface area contributed by atoms with Crippen molar-refractivity contribution < 1.29 is 14.7 Å². The van der Waals surface area contributed by atoms with Crippen molar-refractivity contribution in [3.63, 3.8) is 0 Å². The maximum absolute atomic E-state index is 11.8. The summed E-state index contributed by atoms with van der Waals surface area (Å²) in [7, 11) is 0. The lowest BCUT2D eigenvalue weighted by atomic mass is 10.2. The Morgan fingerprint density at radius 1 is 1.50 bits per heavy atom.